The van der Waals surface area contributed by atoms with Gasteiger partial charge in [-0.15, -0.1) is 0 Å². The Balaban J connectivity index is 1.24. The summed E-state index contributed by atoms with van der Waals surface area (Å²) in [5, 5.41) is 72.5. The van der Waals surface area contributed by atoms with E-state index in [2.05, 4.69) is 26.9 Å². The lowest BCUT2D eigenvalue weighted by atomic mass is 9.95. The zero-order valence-electron chi connectivity index (χ0n) is 48.2. The van der Waals surface area contributed by atoms with Gasteiger partial charge in [0, 0.05) is 31.6 Å². The summed E-state index contributed by atoms with van der Waals surface area (Å²) in [5.74, 6) is 2.04. The summed E-state index contributed by atoms with van der Waals surface area (Å²) < 4.78 is 77.8. The van der Waals surface area contributed by atoms with Gasteiger partial charge in [-0.3, -0.25) is 4.79 Å². The fourth-order valence-electron chi connectivity index (χ4n) is 8.50. The van der Waals surface area contributed by atoms with E-state index in [0.717, 1.165) is 26.1 Å². The Bertz CT molecular complexity index is 1350. The van der Waals surface area contributed by atoms with E-state index in [1.165, 1.54) is 115 Å². The number of carbonyl (C=O) groups excluding carboxylic acids is 1. The first-order valence-electron chi connectivity index (χ1n) is 29.7. The van der Waals surface area contributed by atoms with Gasteiger partial charge in [-0.25, -0.2) is 0 Å². The summed E-state index contributed by atoms with van der Waals surface area (Å²) in [7, 11) is 4.12. The molecule has 2 aliphatic heterocycles. The molecule has 0 aliphatic carbocycles. The van der Waals surface area contributed by atoms with Gasteiger partial charge >= 0.3 is 0 Å². The Morgan fingerprint density at radius 3 is 1.10 bits per heavy atom. The lowest BCUT2D eigenvalue weighted by molar-refractivity contribution is -0.348. The molecule has 2 rings (SSSR count). The Kier molecular flexibility index (Phi) is 51.8. The van der Waals surface area contributed by atoms with Crippen LogP contribution in [-0.4, -0.2) is 273 Å². The first-order chi connectivity index (χ1) is 39.2. The first kappa shape index (κ1) is 75.4. The third-order valence-corrected chi connectivity index (χ3v) is 15.5. The van der Waals surface area contributed by atoms with Crippen molar-refractivity contribution in [2.75, 3.05) is 170 Å². The maximum atomic E-state index is 12.0. The summed E-state index contributed by atoms with van der Waals surface area (Å²) in [6.07, 6.45) is 8.71. The second kappa shape index (κ2) is 54.9. The van der Waals surface area contributed by atoms with E-state index in [0.29, 0.717) is 106 Å². The monoisotopic (exact) mass is 1200 g/mol. The molecule has 8 N–H and O–H groups in total. The Morgan fingerprint density at radius 1 is 0.388 bits per heavy atom. The molecule has 1 amide bonds. The molecule has 0 spiro atoms. The van der Waals surface area contributed by atoms with E-state index in [1.807, 2.05) is 0 Å². The van der Waals surface area contributed by atoms with Crippen LogP contribution in [0.25, 0.3) is 0 Å². The van der Waals surface area contributed by atoms with Crippen LogP contribution in [-0.2, 0) is 71.1 Å². The number of hydrogen-bond donors (Lipinski definition) is 8. The molecule has 2 aliphatic rings. The molecule has 0 saturated carbocycles. The minimum Gasteiger partial charge on any atom is -0.394 e. The van der Waals surface area contributed by atoms with E-state index in [-0.39, 0.29) is 26.4 Å². The average Bonchev–Trinajstić information content (AvgIpc) is 3.45. The van der Waals surface area contributed by atoms with Gasteiger partial charge in [-0.2, -0.15) is 0 Å². The van der Waals surface area contributed by atoms with Crippen LogP contribution in [0.1, 0.15) is 116 Å². The molecular formula is C55H107NO22S2. The number of unbranched alkanes of at least 4 members (excludes halogenated alkanes) is 15. The molecule has 4 unspecified atom stereocenters. The standard InChI is InChI=1S/C55H107NO22S2/c1-45(60)56-48-50(62)53(78-55-52(64)51(63)49(61)46(43-58)76-55)47(44-59)77-54(48)75-40-39-74-38-37-73-36-35-72-34-33-71-32-30-69-27-24-66-21-16-12-8-4-6-10-14-18-42-80-79-41-17-13-9-5-2-3-7-11-15-20-65-23-26-68-29-31-70-28-25-67-22-19-57/h46-55,57-59,61-64H,2-44H2,1H3,(H,56,60)/t46?,47?,48?,49-,50+,51-,52?,53-,54+,55-/m0/s1. The van der Waals surface area contributed by atoms with Crippen LogP contribution in [0.4, 0.5) is 0 Å². The quantitative estimate of drug-likeness (QED) is 0.0321. The van der Waals surface area contributed by atoms with E-state index in [4.69, 9.17) is 71.4 Å². The predicted octanol–water partition coefficient (Wildman–Crippen LogP) is 2.94. The van der Waals surface area contributed by atoms with Gasteiger partial charge in [0.1, 0.15) is 48.8 Å². The minimum atomic E-state index is -1.76. The van der Waals surface area contributed by atoms with Crippen molar-refractivity contribution < 1.29 is 107 Å². The van der Waals surface area contributed by atoms with Gasteiger partial charge < -0.3 is 107 Å². The summed E-state index contributed by atoms with van der Waals surface area (Å²) in [6.45, 7) is 9.68. The topological polar surface area (TPSA) is 300 Å². The summed E-state index contributed by atoms with van der Waals surface area (Å²) in [4.78, 5) is 12.0. The normalized spacial score (nSPS) is 23.3. The number of rotatable bonds is 59. The molecular weight excluding hydrogens is 1090 g/mol. The molecule has 10 atom stereocenters. The fraction of sp³-hybridized carbons (Fsp3) is 0.982. The van der Waals surface area contributed by atoms with Crippen LogP contribution in [0.15, 0.2) is 0 Å². The number of nitrogens with one attached hydrogen (secondary N) is 1. The Hall–Kier alpha value is -0.670. The molecule has 0 aromatic heterocycles. The zero-order valence-corrected chi connectivity index (χ0v) is 49.9. The van der Waals surface area contributed by atoms with Crippen molar-refractivity contribution in [3.8, 4) is 0 Å². The maximum Gasteiger partial charge on any atom is 0.217 e. The third kappa shape index (κ3) is 39.8. The van der Waals surface area contributed by atoms with Crippen molar-refractivity contribution >= 4 is 27.5 Å². The molecule has 2 heterocycles. The van der Waals surface area contributed by atoms with Gasteiger partial charge in [-0.1, -0.05) is 105 Å². The highest BCUT2D eigenvalue weighted by Crippen LogP contribution is 2.30. The number of ether oxygens (including phenoxy) is 14. The highest BCUT2D eigenvalue weighted by molar-refractivity contribution is 8.76. The average molecular weight is 1200 g/mol. The van der Waals surface area contributed by atoms with E-state index in [9.17, 15) is 35.4 Å². The van der Waals surface area contributed by atoms with E-state index >= 15 is 0 Å². The summed E-state index contributed by atoms with van der Waals surface area (Å²) >= 11 is 0. The van der Waals surface area contributed by atoms with Crippen molar-refractivity contribution in [3.05, 3.63) is 0 Å². The van der Waals surface area contributed by atoms with Gasteiger partial charge in [0.2, 0.25) is 5.91 Å². The lowest BCUT2D eigenvalue weighted by Crippen LogP contribution is -2.67. The molecule has 80 heavy (non-hydrogen) atoms. The number of aliphatic hydroxyl groups excluding tert-OH is 7. The second-order valence-corrected chi connectivity index (χ2v) is 22.3. The minimum absolute atomic E-state index is 0.000331. The van der Waals surface area contributed by atoms with Gasteiger partial charge in [0.15, 0.2) is 12.6 Å². The van der Waals surface area contributed by atoms with Crippen LogP contribution in [0.3, 0.4) is 0 Å². The van der Waals surface area contributed by atoms with Gasteiger partial charge in [0.05, 0.1) is 145 Å². The number of aliphatic hydroxyl groups is 7. The first-order valence-corrected chi connectivity index (χ1v) is 32.2. The van der Waals surface area contributed by atoms with Crippen LogP contribution in [0.2, 0.25) is 0 Å². The molecule has 0 aromatic rings. The van der Waals surface area contributed by atoms with Crippen molar-refractivity contribution in [1.82, 2.24) is 5.32 Å². The van der Waals surface area contributed by atoms with Crippen LogP contribution >= 0.6 is 21.6 Å². The summed E-state index contributed by atoms with van der Waals surface area (Å²) in [6, 6.07) is -1.17. The Morgan fingerprint density at radius 2 is 0.725 bits per heavy atom. The van der Waals surface area contributed by atoms with Gasteiger partial charge in [0.25, 0.3) is 0 Å². The molecule has 2 fully saturated rings. The van der Waals surface area contributed by atoms with Crippen molar-refractivity contribution in [3.63, 3.8) is 0 Å². The molecule has 476 valence electrons. The fourth-order valence-corrected chi connectivity index (χ4v) is 10.8. The van der Waals surface area contributed by atoms with E-state index in [1.54, 1.807) is 0 Å². The lowest BCUT2D eigenvalue weighted by Gasteiger charge is -2.47. The smallest absolute Gasteiger partial charge is 0.217 e. The largest absolute Gasteiger partial charge is 0.394 e. The number of hydrogen-bond acceptors (Lipinski definition) is 24. The Labute approximate surface area is 485 Å². The SMILES string of the molecule is CC(=O)NC1[C@H](OCCOCCOCCOCCOCCOCCOCCCCCCCCCCSSCCCCCCCCCCCOCCOCCOCCOCCO)OC(CO)[C@H](O[C@@H]2OC(CO)[C@H](O)[C@H](O)C2O)[C@@H]1O. The van der Waals surface area contributed by atoms with Crippen molar-refractivity contribution in [2.45, 2.75) is 177 Å². The summed E-state index contributed by atoms with van der Waals surface area (Å²) in [5.41, 5.74) is 0. The van der Waals surface area contributed by atoms with Crippen molar-refractivity contribution in [2.24, 2.45) is 0 Å². The highest BCUT2D eigenvalue weighted by Gasteiger charge is 2.51. The van der Waals surface area contributed by atoms with Crippen LogP contribution < -0.4 is 5.32 Å². The molecule has 0 aromatic carbocycles. The van der Waals surface area contributed by atoms with E-state index < -0.39 is 80.5 Å². The third-order valence-electron chi connectivity index (χ3n) is 13.0. The van der Waals surface area contributed by atoms with Crippen molar-refractivity contribution in [1.29, 1.82) is 0 Å². The molecule has 2 saturated heterocycles. The number of carbonyl (C=O) groups is 1. The molecule has 23 nitrogen and oxygen atoms in total. The second-order valence-electron chi connectivity index (χ2n) is 19.6. The number of amides is 1. The highest BCUT2D eigenvalue weighted by atomic mass is 33.1. The predicted molar refractivity (Wildman–Crippen MR) is 303 cm³/mol. The van der Waals surface area contributed by atoms with Gasteiger partial charge in [-0.05, 0) is 25.7 Å². The molecule has 0 bridgehead atoms. The molecule has 25 heteroatoms. The van der Waals surface area contributed by atoms with Crippen LogP contribution in [0.5, 0.6) is 0 Å². The maximum absolute atomic E-state index is 12.0. The van der Waals surface area contributed by atoms with Crippen LogP contribution in [0, 0.1) is 0 Å². The zero-order chi connectivity index (χ0) is 57.8. The molecule has 0 radical (unpaired) electrons.